The van der Waals surface area contributed by atoms with E-state index in [1.165, 1.54) is 6.42 Å². The smallest absolute Gasteiger partial charge is 0.229 e. The second-order valence-electron chi connectivity index (χ2n) is 9.43. The Morgan fingerprint density at radius 2 is 2.03 bits per heavy atom. The third kappa shape index (κ3) is 5.56. The molecule has 2 aliphatic carbocycles. The molecule has 3 unspecified atom stereocenters. The van der Waals surface area contributed by atoms with Gasteiger partial charge in [-0.1, -0.05) is 63.3 Å². The Balaban J connectivity index is 0.00000320. The summed E-state index contributed by atoms with van der Waals surface area (Å²) >= 11 is 0. The molecule has 0 aliphatic heterocycles. The molecule has 0 aromatic heterocycles. The summed E-state index contributed by atoms with van der Waals surface area (Å²) in [5.41, 5.74) is 2.13. The number of aliphatic hydroxyl groups is 2. The molecule has 4 heteroatoms. The van der Waals surface area contributed by atoms with Crippen LogP contribution in [-0.2, 0) is 32.7 Å². The number of nitrogens with zero attached hydrogens (tertiary/aromatic N) is 1. The van der Waals surface area contributed by atoms with Gasteiger partial charge in [-0.25, -0.2) is 6.57 Å². The van der Waals surface area contributed by atoms with Crippen LogP contribution in [0.25, 0.3) is 4.85 Å². The summed E-state index contributed by atoms with van der Waals surface area (Å²) < 4.78 is 0. The van der Waals surface area contributed by atoms with E-state index in [0.29, 0.717) is 6.42 Å². The number of unbranched alkanes of at least 4 members (excludes halogenated alkanes) is 3. The van der Waals surface area contributed by atoms with Crippen molar-refractivity contribution in [2.75, 3.05) is 0 Å². The van der Waals surface area contributed by atoms with Crippen LogP contribution in [0.1, 0.15) is 101 Å². The second-order valence-corrected chi connectivity index (χ2v) is 9.43. The maximum Gasteiger partial charge on any atom is 0.229 e. The summed E-state index contributed by atoms with van der Waals surface area (Å²) in [5.74, 6) is 0.206. The maximum absolute atomic E-state index is 11.2. The summed E-state index contributed by atoms with van der Waals surface area (Å²) in [4.78, 5) is 3.87. The van der Waals surface area contributed by atoms with Crippen molar-refractivity contribution in [3.63, 3.8) is 0 Å². The van der Waals surface area contributed by atoms with Crippen molar-refractivity contribution in [1.82, 2.24) is 0 Å². The van der Waals surface area contributed by atoms with Gasteiger partial charge in [0.05, 0.1) is 12.2 Å². The Morgan fingerprint density at radius 1 is 1.27 bits per heavy atom. The van der Waals surface area contributed by atoms with E-state index in [2.05, 4.69) is 30.8 Å². The monoisotopic (exact) mass is 485 g/mol. The van der Waals surface area contributed by atoms with Crippen LogP contribution in [0.5, 0.6) is 0 Å². The molecule has 0 saturated heterocycles. The number of hydrogen-bond acceptors (Lipinski definition) is 2. The number of benzene rings is 1. The first-order valence-electron chi connectivity index (χ1n) is 11.7. The van der Waals surface area contributed by atoms with Crippen LogP contribution in [0, 0.1) is 24.8 Å². The van der Waals surface area contributed by atoms with E-state index in [0.717, 1.165) is 68.9 Å². The molecule has 5 atom stereocenters. The Labute approximate surface area is 208 Å². The Hall–Kier alpha value is -0.266. The summed E-state index contributed by atoms with van der Waals surface area (Å²) in [6.45, 7) is 13.7. The van der Waals surface area contributed by atoms with Gasteiger partial charge >= 0.3 is 0 Å². The number of hydrogen-bond donors (Lipinski definition) is 2. The molecule has 0 heterocycles. The van der Waals surface area contributed by atoms with E-state index in [1.54, 1.807) is 0 Å². The van der Waals surface area contributed by atoms with E-state index in [4.69, 9.17) is 6.57 Å². The van der Waals surface area contributed by atoms with Crippen LogP contribution in [0.4, 0.5) is 0 Å². The summed E-state index contributed by atoms with van der Waals surface area (Å²) in [7, 11) is 0. The van der Waals surface area contributed by atoms with Gasteiger partial charge in [-0.15, -0.1) is 0 Å². The SMILES string of the molecule is [C-]#[N+][C@@H]1C[C@@H](O)C(c2cccc(C(O)C3(CCC)CCC3)c2)C1CCCCC[CH2-].[Y]. The number of aliphatic hydroxyl groups excluding tert-OH is 2. The molecule has 163 valence electrons. The molecular weight excluding hydrogens is 447 g/mol. The maximum atomic E-state index is 11.2. The molecule has 0 amide bonds. The fraction of sp³-hybridized carbons (Fsp3) is 0.692. The molecule has 2 fully saturated rings. The molecule has 2 N–H and O–H groups in total. The van der Waals surface area contributed by atoms with Gasteiger partial charge in [-0.2, -0.15) is 6.42 Å². The van der Waals surface area contributed by atoms with Crippen molar-refractivity contribution >= 4 is 0 Å². The molecule has 1 aromatic carbocycles. The molecule has 0 bridgehead atoms. The van der Waals surface area contributed by atoms with Crippen LogP contribution >= 0.6 is 0 Å². The molecule has 2 aliphatic rings. The van der Waals surface area contributed by atoms with E-state index < -0.39 is 12.2 Å². The third-order valence-electron chi connectivity index (χ3n) is 7.59. The van der Waals surface area contributed by atoms with Crippen LogP contribution in [-0.4, -0.2) is 22.4 Å². The largest absolute Gasteiger partial charge is 0.392 e. The first kappa shape index (κ1) is 26.0. The zero-order valence-electron chi connectivity index (χ0n) is 18.6. The van der Waals surface area contributed by atoms with E-state index in [1.807, 2.05) is 12.1 Å². The van der Waals surface area contributed by atoms with Crippen molar-refractivity contribution in [2.24, 2.45) is 11.3 Å². The molecule has 30 heavy (non-hydrogen) atoms. The normalized spacial score (nSPS) is 28.2. The standard InChI is InChI=1S/C26H38NO2.Y/c1-4-6-7-8-13-21-22(27-3)18-23(28)24(21)19-11-9-12-20(17-19)25(29)26(14-5-2)15-10-16-26;/h9,11-12,17,21-25,28-29H,1,4-8,10,13-16,18H2,2H3;/q-1;/t21?,22-,23-,24?,25?;/m1./s1. The van der Waals surface area contributed by atoms with Gasteiger partial charge < -0.3 is 22.0 Å². The third-order valence-corrected chi connectivity index (χ3v) is 7.59. The summed E-state index contributed by atoms with van der Waals surface area (Å²) in [6.07, 6.45) is 10.6. The molecule has 1 aromatic rings. The second kappa shape index (κ2) is 12.1. The van der Waals surface area contributed by atoms with Gasteiger partial charge in [-0.3, -0.25) is 0 Å². The fourth-order valence-corrected chi connectivity index (χ4v) is 5.90. The first-order valence-corrected chi connectivity index (χ1v) is 11.7. The summed E-state index contributed by atoms with van der Waals surface area (Å²) in [6, 6.07) is 8.20. The van der Waals surface area contributed by atoms with Gasteiger partial charge in [0.1, 0.15) is 0 Å². The molecule has 1 radical (unpaired) electrons. The predicted octanol–water partition coefficient (Wildman–Crippen LogP) is 6.22. The Bertz CT molecular complexity index is 697. The molecule has 3 nitrogen and oxygen atoms in total. The van der Waals surface area contributed by atoms with Crippen molar-refractivity contribution in [2.45, 2.75) is 102 Å². The van der Waals surface area contributed by atoms with E-state index >= 15 is 0 Å². The van der Waals surface area contributed by atoms with Gasteiger partial charge in [0, 0.05) is 56.4 Å². The van der Waals surface area contributed by atoms with Crippen LogP contribution in [0.3, 0.4) is 0 Å². The van der Waals surface area contributed by atoms with Gasteiger partial charge in [0.15, 0.2) is 0 Å². The Kier molecular flexibility index (Phi) is 10.5. The minimum atomic E-state index is -0.465. The average Bonchev–Trinajstić information content (AvgIpc) is 3.03. The summed E-state index contributed by atoms with van der Waals surface area (Å²) in [5, 5.41) is 22.0. The fourth-order valence-electron chi connectivity index (χ4n) is 5.90. The van der Waals surface area contributed by atoms with E-state index in [-0.39, 0.29) is 56.0 Å². The molecular formula is C26H38NO2Y-. The predicted molar refractivity (Wildman–Crippen MR) is 118 cm³/mol. The minimum Gasteiger partial charge on any atom is -0.392 e. The minimum absolute atomic E-state index is 0. The molecule has 3 rings (SSSR count). The van der Waals surface area contributed by atoms with Crippen molar-refractivity contribution in [1.29, 1.82) is 0 Å². The van der Waals surface area contributed by atoms with Crippen molar-refractivity contribution in [3.8, 4) is 0 Å². The zero-order valence-corrected chi connectivity index (χ0v) is 21.4. The van der Waals surface area contributed by atoms with Gasteiger partial charge in [0.25, 0.3) is 0 Å². The van der Waals surface area contributed by atoms with Gasteiger partial charge in [0.2, 0.25) is 6.04 Å². The van der Waals surface area contributed by atoms with Crippen LogP contribution < -0.4 is 0 Å². The van der Waals surface area contributed by atoms with Gasteiger partial charge in [-0.05, 0) is 36.8 Å². The quantitative estimate of drug-likeness (QED) is 0.305. The first-order chi connectivity index (χ1) is 14.1. The number of rotatable bonds is 10. The van der Waals surface area contributed by atoms with Crippen molar-refractivity contribution in [3.05, 3.63) is 53.7 Å². The topological polar surface area (TPSA) is 44.8 Å². The molecule has 2 saturated carbocycles. The van der Waals surface area contributed by atoms with Crippen LogP contribution in [0.15, 0.2) is 24.3 Å². The Morgan fingerprint density at radius 3 is 2.63 bits per heavy atom. The van der Waals surface area contributed by atoms with Crippen molar-refractivity contribution < 1.29 is 42.9 Å². The zero-order chi connectivity index (χ0) is 20.9. The average molecular weight is 486 g/mol. The molecule has 0 spiro atoms. The van der Waals surface area contributed by atoms with Crippen LogP contribution in [0.2, 0.25) is 0 Å². The van der Waals surface area contributed by atoms with E-state index in [9.17, 15) is 10.2 Å².